The molecule has 3 rings (SSSR count). The van der Waals surface area contributed by atoms with Crippen molar-refractivity contribution in [3.8, 4) is 0 Å². The highest BCUT2D eigenvalue weighted by atomic mass is 32.2. The smallest absolute Gasteiger partial charge is 0.307 e. The number of carbonyl (C=O) groups excluding carboxylic acids is 1. The minimum Gasteiger partial charge on any atom is -0.307 e. The Bertz CT molecular complexity index is 840. The Morgan fingerprint density at radius 2 is 1.33 bits per heavy atom. The van der Waals surface area contributed by atoms with Gasteiger partial charge in [-0.15, -0.1) is 0 Å². The fraction of sp³-hybridized carbons (Fsp3) is 0. The summed E-state index contributed by atoms with van der Waals surface area (Å²) < 4.78 is 13.6. The van der Waals surface area contributed by atoms with E-state index in [9.17, 15) is 9.18 Å². The summed E-state index contributed by atoms with van der Waals surface area (Å²) in [6.45, 7) is 0. The second-order valence-corrected chi connectivity index (χ2v) is 6.09. The van der Waals surface area contributed by atoms with Gasteiger partial charge in [0.15, 0.2) is 0 Å². The van der Waals surface area contributed by atoms with Gasteiger partial charge in [0.2, 0.25) is 0 Å². The van der Waals surface area contributed by atoms with Crippen molar-refractivity contribution < 1.29 is 9.18 Å². The van der Waals surface area contributed by atoms with Crippen LogP contribution < -0.4 is 10.6 Å². The molecule has 0 unspecified atom stereocenters. The zero-order chi connectivity index (χ0) is 16.8. The average molecular weight is 338 g/mol. The summed E-state index contributed by atoms with van der Waals surface area (Å²) in [5.41, 5.74) is 0.809. The maximum absolute atomic E-state index is 13.6. The monoisotopic (exact) mass is 338 g/mol. The molecule has 24 heavy (non-hydrogen) atoms. The molecule has 0 heterocycles. The van der Waals surface area contributed by atoms with Crippen molar-refractivity contribution in [2.24, 2.45) is 0 Å². The summed E-state index contributed by atoms with van der Waals surface area (Å²) in [7, 11) is 0. The number of urea groups is 1. The molecule has 0 aliphatic heterocycles. The molecule has 3 aromatic carbocycles. The van der Waals surface area contributed by atoms with Crippen molar-refractivity contribution in [2.45, 2.75) is 9.79 Å². The third kappa shape index (κ3) is 4.14. The minimum atomic E-state index is -0.485. The number of nitrogens with one attached hydrogen (secondary N) is 2. The second-order valence-electron chi connectivity index (χ2n) is 4.97. The number of hydrogen-bond acceptors (Lipinski definition) is 2. The van der Waals surface area contributed by atoms with E-state index in [1.165, 1.54) is 12.1 Å². The van der Waals surface area contributed by atoms with Crippen molar-refractivity contribution >= 4 is 29.2 Å². The first-order valence-corrected chi connectivity index (χ1v) is 8.18. The number of amides is 2. The minimum absolute atomic E-state index is 0.142. The van der Waals surface area contributed by atoms with Crippen molar-refractivity contribution in [1.29, 1.82) is 0 Å². The van der Waals surface area contributed by atoms with E-state index in [1.807, 2.05) is 54.6 Å². The van der Waals surface area contributed by atoms with E-state index in [0.29, 0.717) is 5.69 Å². The Hall–Kier alpha value is -2.79. The molecule has 2 amide bonds. The van der Waals surface area contributed by atoms with Gasteiger partial charge in [0.05, 0.1) is 11.4 Å². The number of benzene rings is 3. The van der Waals surface area contributed by atoms with E-state index >= 15 is 0 Å². The highest BCUT2D eigenvalue weighted by Gasteiger charge is 2.09. The lowest BCUT2D eigenvalue weighted by Gasteiger charge is -2.12. The van der Waals surface area contributed by atoms with E-state index in [4.69, 9.17) is 0 Å². The molecule has 3 aromatic rings. The van der Waals surface area contributed by atoms with Crippen LogP contribution in [0.1, 0.15) is 0 Å². The Balaban J connectivity index is 1.73. The standard InChI is InChI=1S/C19H15FN2OS/c20-15-10-4-5-11-16(15)21-19(23)22-17-12-6-7-13-18(17)24-14-8-2-1-3-9-14/h1-13H,(H2,21,22,23). The molecule has 0 radical (unpaired) electrons. The predicted molar refractivity (Wildman–Crippen MR) is 96.0 cm³/mol. The highest BCUT2D eigenvalue weighted by Crippen LogP contribution is 2.33. The zero-order valence-electron chi connectivity index (χ0n) is 12.7. The molecule has 0 aromatic heterocycles. The molecule has 5 heteroatoms. The number of rotatable bonds is 4. The van der Waals surface area contributed by atoms with Gasteiger partial charge >= 0.3 is 6.03 Å². The van der Waals surface area contributed by atoms with E-state index < -0.39 is 11.8 Å². The number of para-hydroxylation sites is 2. The van der Waals surface area contributed by atoms with Gasteiger partial charge in [-0.05, 0) is 36.4 Å². The molecular formula is C19H15FN2OS. The van der Waals surface area contributed by atoms with Gasteiger partial charge in [-0.1, -0.05) is 54.2 Å². The Morgan fingerprint density at radius 1 is 0.750 bits per heavy atom. The highest BCUT2D eigenvalue weighted by molar-refractivity contribution is 7.99. The fourth-order valence-electron chi connectivity index (χ4n) is 2.11. The Kier molecular flexibility index (Phi) is 5.13. The predicted octanol–water partition coefficient (Wildman–Crippen LogP) is 5.62. The molecule has 0 aliphatic carbocycles. The SMILES string of the molecule is O=C(Nc1ccccc1F)Nc1ccccc1Sc1ccccc1. The third-order valence-electron chi connectivity index (χ3n) is 3.23. The van der Waals surface area contributed by atoms with E-state index in [-0.39, 0.29) is 5.69 Å². The Labute approximate surface area is 143 Å². The Morgan fingerprint density at radius 3 is 2.08 bits per heavy atom. The quantitative estimate of drug-likeness (QED) is 0.648. The number of halogens is 1. The van der Waals surface area contributed by atoms with Gasteiger partial charge < -0.3 is 10.6 Å². The largest absolute Gasteiger partial charge is 0.323 e. The van der Waals surface area contributed by atoms with Gasteiger partial charge in [0, 0.05) is 9.79 Å². The molecule has 0 saturated heterocycles. The molecule has 2 N–H and O–H groups in total. The van der Waals surface area contributed by atoms with Crippen LogP contribution in [0.15, 0.2) is 88.7 Å². The van der Waals surface area contributed by atoms with E-state index in [0.717, 1.165) is 9.79 Å². The van der Waals surface area contributed by atoms with Crippen LogP contribution in [0.3, 0.4) is 0 Å². The molecule has 0 aliphatic rings. The van der Waals surface area contributed by atoms with Gasteiger partial charge in [0.1, 0.15) is 5.82 Å². The van der Waals surface area contributed by atoms with Crippen LogP contribution in [0.2, 0.25) is 0 Å². The van der Waals surface area contributed by atoms with Crippen LogP contribution in [0, 0.1) is 5.82 Å². The first-order chi connectivity index (χ1) is 11.7. The number of carbonyl (C=O) groups is 1. The van der Waals surface area contributed by atoms with Crippen molar-refractivity contribution in [2.75, 3.05) is 10.6 Å². The lowest BCUT2D eigenvalue weighted by atomic mass is 10.3. The molecule has 120 valence electrons. The molecule has 0 spiro atoms. The van der Waals surface area contributed by atoms with Crippen LogP contribution >= 0.6 is 11.8 Å². The van der Waals surface area contributed by atoms with Gasteiger partial charge in [0.25, 0.3) is 0 Å². The first kappa shape index (κ1) is 16.1. The summed E-state index contributed by atoms with van der Waals surface area (Å²) >= 11 is 1.55. The van der Waals surface area contributed by atoms with E-state index in [2.05, 4.69) is 10.6 Å². The zero-order valence-corrected chi connectivity index (χ0v) is 13.5. The van der Waals surface area contributed by atoms with Crippen molar-refractivity contribution in [1.82, 2.24) is 0 Å². The molecule has 0 saturated carbocycles. The molecule has 0 fully saturated rings. The van der Waals surface area contributed by atoms with Crippen LogP contribution in [0.5, 0.6) is 0 Å². The van der Waals surface area contributed by atoms with Crippen LogP contribution in [0.25, 0.3) is 0 Å². The fourth-order valence-corrected chi connectivity index (χ4v) is 3.04. The summed E-state index contributed by atoms with van der Waals surface area (Å²) in [6, 6.07) is 22.9. The molecule has 0 atom stereocenters. The van der Waals surface area contributed by atoms with Crippen LogP contribution in [0.4, 0.5) is 20.6 Å². The van der Waals surface area contributed by atoms with Gasteiger partial charge in [-0.25, -0.2) is 9.18 Å². The molecule has 0 bridgehead atoms. The van der Waals surface area contributed by atoms with Gasteiger partial charge in [-0.2, -0.15) is 0 Å². The van der Waals surface area contributed by atoms with Gasteiger partial charge in [-0.3, -0.25) is 0 Å². The van der Waals surface area contributed by atoms with Crippen LogP contribution in [-0.4, -0.2) is 6.03 Å². The summed E-state index contributed by atoms with van der Waals surface area (Å²) in [5.74, 6) is -0.473. The molecular weight excluding hydrogens is 323 g/mol. The number of hydrogen-bond donors (Lipinski definition) is 2. The lowest BCUT2D eigenvalue weighted by Crippen LogP contribution is -2.20. The molecule has 3 nitrogen and oxygen atoms in total. The lowest BCUT2D eigenvalue weighted by molar-refractivity contribution is 0.262. The summed E-state index contributed by atoms with van der Waals surface area (Å²) in [5, 5.41) is 5.28. The number of anilines is 2. The van der Waals surface area contributed by atoms with Crippen molar-refractivity contribution in [3.63, 3.8) is 0 Å². The maximum atomic E-state index is 13.6. The summed E-state index contributed by atoms with van der Waals surface area (Å²) in [4.78, 5) is 14.1. The normalized spacial score (nSPS) is 10.2. The second kappa shape index (κ2) is 7.66. The topological polar surface area (TPSA) is 41.1 Å². The maximum Gasteiger partial charge on any atom is 0.323 e. The summed E-state index contributed by atoms with van der Waals surface area (Å²) in [6.07, 6.45) is 0. The first-order valence-electron chi connectivity index (χ1n) is 7.37. The van der Waals surface area contributed by atoms with Crippen molar-refractivity contribution in [3.05, 3.63) is 84.7 Å². The van der Waals surface area contributed by atoms with E-state index in [1.54, 1.807) is 23.9 Å². The average Bonchev–Trinajstić information content (AvgIpc) is 2.60. The van der Waals surface area contributed by atoms with Crippen LogP contribution in [-0.2, 0) is 0 Å². The third-order valence-corrected chi connectivity index (χ3v) is 4.31.